The largest absolute Gasteiger partial charge is 0.339 e. The van der Waals surface area contributed by atoms with E-state index in [2.05, 4.69) is 20.9 Å². The van der Waals surface area contributed by atoms with Crippen molar-refractivity contribution >= 4 is 33.3 Å². The van der Waals surface area contributed by atoms with Gasteiger partial charge in [-0.3, -0.25) is 14.0 Å². The summed E-state index contributed by atoms with van der Waals surface area (Å²) in [7, 11) is 0. The molecule has 144 valence electrons. The molecule has 0 saturated carbocycles. The lowest BCUT2D eigenvalue weighted by Crippen LogP contribution is -2.32. The summed E-state index contributed by atoms with van der Waals surface area (Å²) in [6.45, 7) is 1.38. The van der Waals surface area contributed by atoms with E-state index < -0.39 is 11.6 Å². The predicted molar refractivity (Wildman–Crippen MR) is 107 cm³/mol. The third-order valence-corrected chi connectivity index (χ3v) is 5.53. The number of imidazole rings is 1. The first kappa shape index (κ1) is 18.8. The van der Waals surface area contributed by atoms with E-state index >= 15 is 0 Å². The van der Waals surface area contributed by atoms with Crippen LogP contribution in [0.15, 0.2) is 47.2 Å². The van der Waals surface area contributed by atoms with E-state index in [1.54, 1.807) is 21.6 Å². The van der Waals surface area contributed by atoms with E-state index in [1.807, 2.05) is 6.07 Å². The molecule has 4 rings (SSSR count). The van der Waals surface area contributed by atoms with Crippen LogP contribution in [-0.4, -0.2) is 39.1 Å². The average Bonchev–Trinajstić information content (AvgIpc) is 2.91. The Hall–Kier alpha value is -2.54. The van der Waals surface area contributed by atoms with Crippen LogP contribution in [-0.2, 0) is 0 Å². The number of carbonyl (C=O) groups excluding carboxylic acids is 2. The normalized spacial score (nSPS) is 14.9. The molecule has 1 fully saturated rings. The van der Waals surface area contributed by atoms with Crippen molar-refractivity contribution in [3.8, 4) is 0 Å². The molecule has 1 amide bonds. The fraction of sp³-hybridized carbons (Fsp3) is 0.286. The maximum atomic E-state index is 14.7. The highest BCUT2D eigenvalue weighted by molar-refractivity contribution is 9.10. The van der Waals surface area contributed by atoms with Crippen molar-refractivity contribution in [2.75, 3.05) is 13.1 Å². The number of nitrogens with zero attached hydrogens (tertiary/aromatic N) is 3. The SMILES string of the molecule is O=C(c1ccc(C(=O)N2CCCCCC2)cc1F)c1cnc2ccc(Br)cn12. The number of likely N-dealkylation sites (tertiary alicyclic amines) is 1. The molecule has 0 N–H and O–H groups in total. The molecule has 3 aromatic rings. The van der Waals surface area contributed by atoms with E-state index in [0.717, 1.165) is 30.2 Å². The second kappa shape index (κ2) is 7.83. The number of rotatable bonds is 3. The molecule has 1 aromatic carbocycles. The summed E-state index contributed by atoms with van der Waals surface area (Å²) in [4.78, 5) is 31.5. The van der Waals surface area contributed by atoms with Gasteiger partial charge >= 0.3 is 0 Å². The topological polar surface area (TPSA) is 54.7 Å². The van der Waals surface area contributed by atoms with Crippen LogP contribution in [0.25, 0.3) is 5.65 Å². The monoisotopic (exact) mass is 443 g/mol. The number of halogens is 2. The summed E-state index contributed by atoms with van der Waals surface area (Å²) in [5.74, 6) is -1.36. The summed E-state index contributed by atoms with van der Waals surface area (Å²) in [5, 5.41) is 0. The fourth-order valence-corrected chi connectivity index (χ4v) is 3.89. The maximum absolute atomic E-state index is 14.7. The molecule has 0 radical (unpaired) electrons. The van der Waals surface area contributed by atoms with E-state index in [0.29, 0.717) is 18.7 Å². The molecule has 2 aromatic heterocycles. The third kappa shape index (κ3) is 3.58. The Labute approximate surface area is 170 Å². The van der Waals surface area contributed by atoms with Gasteiger partial charge in [-0.1, -0.05) is 12.8 Å². The Morgan fingerprint density at radius 3 is 2.50 bits per heavy atom. The van der Waals surface area contributed by atoms with Crippen LogP contribution in [0.3, 0.4) is 0 Å². The van der Waals surface area contributed by atoms with Gasteiger partial charge in [0.15, 0.2) is 0 Å². The highest BCUT2D eigenvalue weighted by atomic mass is 79.9. The Kier molecular flexibility index (Phi) is 5.26. The average molecular weight is 444 g/mol. The highest BCUT2D eigenvalue weighted by Gasteiger charge is 2.22. The molecule has 0 spiro atoms. The van der Waals surface area contributed by atoms with Gasteiger partial charge in [-0.2, -0.15) is 0 Å². The Balaban J connectivity index is 1.62. The summed E-state index contributed by atoms with van der Waals surface area (Å²) in [5.41, 5.74) is 1.06. The first-order valence-corrected chi connectivity index (χ1v) is 10.1. The van der Waals surface area contributed by atoms with Gasteiger partial charge in [-0.05, 0) is 59.1 Å². The smallest absolute Gasteiger partial charge is 0.253 e. The van der Waals surface area contributed by atoms with E-state index in [9.17, 15) is 14.0 Å². The van der Waals surface area contributed by atoms with Gasteiger partial charge in [0.1, 0.15) is 17.2 Å². The zero-order chi connectivity index (χ0) is 19.7. The van der Waals surface area contributed by atoms with Crippen LogP contribution >= 0.6 is 15.9 Å². The first-order chi connectivity index (χ1) is 13.5. The first-order valence-electron chi connectivity index (χ1n) is 9.31. The molecule has 7 heteroatoms. The number of pyridine rings is 1. The molecule has 0 bridgehead atoms. The van der Waals surface area contributed by atoms with Gasteiger partial charge in [-0.15, -0.1) is 0 Å². The minimum absolute atomic E-state index is 0.0748. The van der Waals surface area contributed by atoms with Crippen LogP contribution in [0.2, 0.25) is 0 Å². The molecule has 1 saturated heterocycles. The zero-order valence-electron chi connectivity index (χ0n) is 15.2. The van der Waals surface area contributed by atoms with Crippen molar-refractivity contribution in [1.29, 1.82) is 0 Å². The van der Waals surface area contributed by atoms with Gasteiger partial charge in [-0.25, -0.2) is 9.37 Å². The van der Waals surface area contributed by atoms with Crippen molar-refractivity contribution in [2.45, 2.75) is 25.7 Å². The standard InChI is InChI=1S/C21H19BrFN3O2/c22-15-6-8-19-24-12-18(26(19)13-15)20(27)16-7-5-14(11-17(16)23)21(28)25-9-3-1-2-4-10-25/h5-8,11-13H,1-4,9-10H2. The number of hydrogen-bond donors (Lipinski definition) is 0. The lowest BCUT2D eigenvalue weighted by atomic mass is 10.0. The molecule has 28 heavy (non-hydrogen) atoms. The summed E-state index contributed by atoms with van der Waals surface area (Å²) in [6.07, 6.45) is 7.30. The molecule has 1 aliphatic rings. The quantitative estimate of drug-likeness (QED) is 0.560. The molecule has 5 nitrogen and oxygen atoms in total. The second-order valence-electron chi connectivity index (χ2n) is 6.95. The molecule has 1 aliphatic heterocycles. The molecule has 3 heterocycles. The van der Waals surface area contributed by atoms with Crippen molar-refractivity contribution in [1.82, 2.24) is 14.3 Å². The van der Waals surface area contributed by atoms with E-state index in [-0.39, 0.29) is 22.7 Å². The minimum Gasteiger partial charge on any atom is -0.339 e. The molecule has 0 aliphatic carbocycles. The Morgan fingerprint density at radius 1 is 1.04 bits per heavy atom. The summed E-state index contributed by atoms with van der Waals surface area (Å²) in [6, 6.07) is 7.67. The number of fused-ring (bicyclic) bond motifs is 1. The Morgan fingerprint density at radius 2 is 1.79 bits per heavy atom. The van der Waals surface area contributed by atoms with Crippen LogP contribution in [0, 0.1) is 5.82 Å². The van der Waals surface area contributed by atoms with Crippen LogP contribution in [0.1, 0.15) is 52.1 Å². The molecular weight excluding hydrogens is 425 g/mol. The van der Waals surface area contributed by atoms with E-state index in [1.165, 1.54) is 24.4 Å². The van der Waals surface area contributed by atoms with Gasteiger partial charge in [0.05, 0.1) is 11.8 Å². The molecule has 0 unspecified atom stereocenters. The number of ketones is 1. The zero-order valence-corrected chi connectivity index (χ0v) is 16.8. The van der Waals surface area contributed by atoms with Gasteiger partial charge in [0, 0.05) is 29.3 Å². The number of aromatic nitrogens is 2. The number of hydrogen-bond acceptors (Lipinski definition) is 3. The number of carbonyl (C=O) groups is 2. The molecule has 0 atom stereocenters. The van der Waals surface area contributed by atoms with Gasteiger partial charge in [0.25, 0.3) is 5.91 Å². The number of amides is 1. The van der Waals surface area contributed by atoms with Gasteiger partial charge in [0.2, 0.25) is 5.78 Å². The fourth-order valence-electron chi connectivity index (χ4n) is 3.55. The van der Waals surface area contributed by atoms with Crippen molar-refractivity contribution in [3.63, 3.8) is 0 Å². The highest BCUT2D eigenvalue weighted by Crippen LogP contribution is 2.20. The van der Waals surface area contributed by atoms with Crippen molar-refractivity contribution in [3.05, 3.63) is 69.8 Å². The van der Waals surface area contributed by atoms with Crippen molar-refractivity contribution < 1.29 is 14.0 Å². The van der Waals surface area contributed by atoms with Crippen molar-refractivity contribution in [2.24, 2.45) is 0 Å². The molecular formula is C21H19BrFN3O2. The Bertz CT molecular complexity index is 1050. The predicted octanol–water partition coefficient (Wildman–Crippen LogP) is 4.48. The van der Waals surface area contributed by atoms with E-state index in [4.69, 9.17) is 0 Å². The lowest BCUT2D eigenvalue weighted by Gasteiger charge is -2.20. The van der Waals surface area contributed by atoms with Crippen LogP contribution < -0.4 is 0 Å². The second-order valence-corrected chi connectivity index (χ2v) is 7.86. The minimum atomic E-state index is -0.699. The maximum Gasteiger partial charge on any atom is 0.253 e. The van der Waals surface area contributed by atoms with Gasteiger partial charge < -0.3 is 4.90 Å². The van der Waals surface area contributed by atoms with Crippen LogP contribution in [0.4, 0.5) is 4.39 Å². The summed E-state index contributed by atoms with van der Waals surface area (Å²) < 4.78 is 17.1. The summed E-state index contributed by atoms with van der Waals surface area (Å²) >= 11 is 3.36. The number of benzene rings is 1. The van der Waals surface area contributed by atoms with Crippen LogP contribution in [0.5, 0.6) is 0 Å². The third-order valence-electron chi connectivity index (χ3n) is 5.06. The lowest BCUT2D eigenvalue weighted by molar-refractivity contribution is 0.0760.